The van der Waals surface area contributed by atoms with Crippen LogP contribution in [0.25, 0.3) is 0 Å². The van der Waals surface area contributed by atoms with Gasteiger partial charge in [0.25, 0.3) is 0 Å². The Labute approximate surface area is 167 Å². The van der Waals surface area contributed by atoms with E-state index in [4.69, 9.17) is 9.47 Å². The number of hydrogen-bond donors (Lipinski definition) is 0. The van der Waals surface area contributed by atoms with Crippen LogP contribution in [0.3, 0.4) is 0 Å². The second-order valence-electron chi connectivity index (χ2n) is 6.36. The van der Waals surface area contributed by atoms with Crippen molar-refractivity contribution < 1.29 is 32.2 Å². The van der Waals surface area contributed by atoms with Crippen LogP contribution in [0, 0.1) is 11.8 Å². The highest BCUT2D eigenvalue weighted by atomic mass is 19.4. The van der Waals surface area contributed by atoms with Gasteiger partial charge in [-0.15, -0.1) is 0 Å². The summed E-state index contributed by atoms with van der Waals surface area (Å²) in [5.41, 5.74) is -0.421. The van der Waals surface area contributed by atoms with Crippen LogP contribution in [0.4, 0.5) is 18.0 Å². The highest BCUT2D eigenvalue weighted by Gasteiger charge is 2.30. The fraction of sp³-hybridized carbons (Fsp3) is 0.500. The first-order chi connectivity index (χ1) is 13.8. The lowest BCUT2D eigenvalue weighted by atomic mass is 10.1. The van der Waals surface area contributed by atoms with Crippen molar-refractivity contribution in [2.24, 2.45) is 0 Å². The van der Waals surface area contributed by atoms with Crippen LogP contribution in [-0.4, -0.2) is 67.8 Å². The van der Waals surface area contributed by atoms with E-state index in [1.54, 1.807) is 6.92 Å². The third-order valence-electron chi connectivity index (χ3n) is 4.19. The van der Waals surface area contributed by atoms with Gasteiger partial charge in [0, 0.05) is 31.7 Å². The minimum Gasteiger partial charge on any atom is -0.463 e. The zero-order chi connectivity index (χ0) is 21.3. The normalized spacial score (nSPS) is 15.1. The van der Waals surface area contributed by atoms with Gasteiger partial charge in [-0.2, -0.15) is 13.2 Å². The SMILES string of the molecule is CCOC(=O)COC(=O)N1CCCN(CC#Cc2cccc(C(F)(F)F)c2)CC1. The number of carbonyl (C=O) groups excluding carboxylic acids is 2. The largest absolute Gasteiger partial charge is 0.463 e. The molecule has 1 aliphatic heterocycles. The quantitative estimate of drug-likeness (QED) is 0.562. The topological polar surface area (TPSA) is 59.1 Å². The zero-order valence-electron chi connectivity index (χ0n) is 16.1. The summed E-state index contributed by atoms with van der Waals surface area (Å²) < 4.78 is 47.9. The maximum absolute atomic E-state index is 12.7. The van der Waals surface area contributed by atoms with Crippen molar-refractivity contribution in [3.05, 3.63) is 35.4 Å². The van der Waals surface area contributed by atoms with E-state index in [9.17, 15) is 22.8 Å². The second kappa shape index (κ2) is 10.7. The number of carbonyl (C=O) groups is 2. The second-order valence-corrected chi connectivity index (χ2v) is 6.36. The van der Waals surface area contributed by atoms with Crippen molar-refractivity contribution in [2.45, 2.75) is 19.5 Å². The highest BCUT2D eigenvalue weighted by Crippen LogP contribution is 2.29. The minimum absolute atomic E-state index is 0.219. The van der Waals surface area contributed by atoms with Gasteiger partial charge in [0.1, 0.15) is 0 Å². The number of amides is 1. The average Bonchev–Trinajstić information content (AvgIpc) is 2.92. The van der Waals surface area contributed by atoms with Gasteiger partial charge in [0.15, 0.2) is 6.61 Å². The maximum Gasteiger partial charge on any atom is 0.416 e. The number of alkyl halides is 3. The molecule has 1 aromatic carbocycles. The molecule has 29 heavy (non-hydrogen) atoms. The molecule has 1 heterocycles. The fourth-order valence-electron chi connectivity index (χ4n) is 2.75. The molecule has 0 saturated carbocycles. The summed E-state index contributed by atoms with van der Waals surface area (Å²) in [6, 6.07) is 4.90. The molecule has 1 aliphatic rings. The lowest BCUT2D eigenvalue weighted by molar-refractivity contribution is -0.146. The number of benzene rings is 1. The molecule has 0 atom stereocenters. The Balaban J connectivity index is 1.83. The van der Waals surface area contributed by atoms with E-state index < -0.39 is 30.4 Å². The Kier molecular flexibility index (Phi) is 8.34. The Hall–Kier alpha value is -2.73. The van der Waals surface area contributed by atoms with E-state index in [2.05, 4.69) is 11.8 Å². The first-order valence-electron chi connectivity index (χ1n) is 9.25. The van der Waals surface area contributed by atoms with E-state index in [0.29, 0.717) is 44.7 Å². The summed E-state index contributed by atoms with van der Waals surface area (Å²) in [5.74, 6) is 5.05. The number of ether oxygens (including phenoxy) is 2. The minimum atomic E-state index is -4.40. The molecule has 6 nitrogen and oxygen atoms in total. The van der Waals surface area contributed by atoms with Gasteiger partial charge < -0.3 is 14.4 Å². The lowest BCUT2D eigenvalue weighted by Gasteiger charge is -2.20. The van der Waals surface area contributed by atoms with Gasteiger partial charge in [-0.1, -0.05) is 17.9 Å². The molecule has 0 bridgehead atoms. The van der Waals surface area contributed by atoms with E-state index >= 15 is 0 Å². The highest BCUT2D eigenvalue weighted by molar-refractivity contribution is 5.75. The van der Waals surface area contributed by atoms with E-state index in [0.717, 1.165) is 12.1 Å². The summed E-state index contributed by atoms with van der Waals surface area (Å²) in [5, 5.41) is 0. The number of esters is 1. The number of halogens is 3. The van der Waals surface area contributed by atoms with Crippen LogP contribution < -0.4 is 0 Å². The predicted octanol–water partition coefficient (Wildman–Crippen LogP) is 2.76. The molecule has 0 unspecified atom stereocenters. The number of rotatable bonds is 4. The monoisotopic (exact) mass is 412 g/mol. The lowest BCUT2D eigenvalue weighted by Crippen LogP contribution is -2.36. The Morgan fingerprint density at radius 3 is 2.66 bits per heavy atom. The van der Waals surface area contributed by atoms with Crippen LogP contribution in [0.15, 0.2) is 24.3 Å². The molecular formula is C20H23F3N2O4. The smallest absolute Gasteiger partial charge is 0.416 e. The molecule has 2 rings (SSSR count). The first-order valence-corrected chi connectivity index (χ1v) is 9.25. The van der Waals surface area contributed by atoms with E-state index in [1.807, 2.05) is 4.90 Å². The van der Waals surface area contributed by atoms with Crippen molar-refractivity contribution in [1.29, 1.82) is 0 Å². The van der Waals surface area contributed by atoms with Gasteiger partial charge in [-0.05, 0) is 31.5 Å². The molecule has 1 saturated heterocycles. The average molecular weight is 412 g/mol. The third kappa shape index (κ3) is 7.66. The van der Waals surface area contributed by atoms with Gasteiger partial charge in [0.2, 0.25) is 0 Å². The van der Waals surface area contributed by atoms with Crippen molar-refractivity contribution in [3.63, 3.8) is 0 Å². The maximum atomic E-state index is 12.7. The molecule has 1 amide bonds. The van der Waals surface area contributed by atoms with E-state index in [-0.39, 0.29) is 6.61 Å². The molecule has 0 spiro atoms. The number of hydrogen-bond acceptors (Lipinski definition) is 5. The molecule has 0 aromatic heterocycles. The van der Waals surface area contributed by atoms with Gasteiger partial charge in [-0.3, -0.25) is 4.90 Å². The van der Waals surface area contributed by atoms with Crippen LogP contribution in [-0.2, 0) is 20.4 Å². The van der Waals surface area contributed by atoms with Crippen LogP contribution in [0.1, 0.15) is 24.5 Å². The van der Waals surface area contributed by atoms with Crippen LogP contribution in [0.2, 0.25) is 0 Å². The van der Waals surface area contributed by atoms with Gasteiger partial charge in [-0.25, -0.2) is 9.59 Å². The Bertz CT molecular complexity index is 771. The first kappa shape index (κ1) is 22.6. The van der Waals surface area contributed by atoms with Gasteiger partial charge >= 0.3 is 18.2 Å². The van der Waals surface area contributed by atoms with Gasteiger partial charge in [0.05, 0.1) is 18.7 Å². The molecular weight excluding hydrogens is 389 g/mol. The fourth-order valence-corrected chi connectivity index (χ4v) is 2.75. The Morgan fingerprint density at radius 1 is 1.14 bits per heavy atom. The van der Waals surface area contributed by atoms with Crippen molar-refractivity contribution >= 4 is 12.1 Å². The number of nitrogens with zero attached hydrogens (tertiary/aromatic N) is 2. The Morgan fingerprint density at radius 2 is 1.93 bits per heavy atom. The summed E-state index contributed by atoms with van der Waals surface area (Å²) in [6.07, 6.45) is -4.27. The summed E-state index contributed by atoms with van der Waals surface area (Å²) in [7, 11) is 0. The van der Waals surface area contributed by atoms with Crippen LogP contribution in [0.5, 0.6) is 0 Å². The standard InChI is InChI=1S/C20H23F3N2O4/c1-2-28-18(26)15-29-19(27)25-11-5-10-24(12-13-25)9-4-7-16-6-3-8-17(14-16)20(21,22)23/h3,6,8,14H,2,5,9-13,15H2,1H3. The summed E-state index contributed by atoms with van der Waals surface area (Å²) in [4.78, 5) is 26.8. The van der Waals surface area contributed by atoms with Crippen molar-refractivity contribution in [1.82, 2.24) is 9.80 Å². The molecule has 0 N–H and O–H groups in total. The summed E-state index contributed by atoms with van der Waals surface area (Å²) >= 11 is 0. The third-order valence-corrected chi connectivity index (χ3v) is 4.19. The van der Waals surface area contributed by atoms with Crippen molar-refractivity contribution in [3.8, 4) is 11.8 Å². The molecule has 0 aliphatic carbocycles. The molecule has 9 heteroatoms. The summed E-state index contributed by atoms with van der Waals surface area (Å²) in [6.45, 7) is 3.98. The van der Waals surface area contributed by atoms with Crippen LogP contribution >= 0.6 is 0 Å². The van der Waals surface area contributed by atoms with E-state index in [1.165, 1.54) is 17.0 Å². The van der Waals surface area contributed by atoms with Crippen molar-refractivity contribution in [2.75, 3.05) is 45.9 Å². The molecule has 1 fully saturated rings. The zero-order valence-corrected chi connectivity index (χ0v) is 16.1. The molecule has 0 radical (unpaired) electrons. The predicted molar refractivity (Wildman–Crippen MR) is 98.9 cm³/mol. The molecule has 1 aromatic rings. The molecule has 158 valence electrons.